The van der Waals surface area contributed by atoms with Gasteiger partial charge in [0.25, 0.3) is 0 Å². The first-order valence-electron chi connectivity index (χ1n) is 8.03. The molecular formula is C18H24N2O3. The Balaban J connectivity index is 2.15. The largest absolute Gasteiger partial charge is 0.465 e. The zero-order chi connectivity index (χ0) is 16.7. The van der Waals surface area contributed by atoms with Gasteiger partial charge < -0.3 is 15.0 Å². The van der Waals surface area contributed by atoms with E-state index in [4.69, 9.17) is 4.74 Å². The van der Waals surface area contributed by atoms with Gasteiger partial charge in [-0.3, -0.25) is 0 Å². The molecule has 124 valence electrons. The summed E-state index contributed by atoms with van der Waals surface area (Å²) in [5.41, 5.74) is 0.819. The Morgan fingerprint density at radius 3 is 2.65 bits per heavy atom. The van der Waals surface area contributed by atoms with E-state index >= 15 is 0 Å². The van der Waals surface area contributed by atoms with E-state index in [0.717, 1.165) is 25.7 Å². The highest BCUT2D eigenvalue weighted by molar-refractivity contribution is 6.00. The van der Waals surface area contributed by atoms with Crippen molar-refractivity contribution in [2.75, 3.05) is 19.0 Å². The second-order valence-electron chi connectivity index (χ2n) is 5.70. The number of methoxy groups -OCH3 is 1. The van der Waals surface area contributed by atoms with Gasteiger partial charge in [0.2, 0.25) is 0 Å². The summed E-state index contributed by atoms with van der Waals surface area (Å²) >= 11 is 0. The van der Waals surface area contributed by atoms with E-state index in [1.807, 2.05) is 0 Å². The Bertz CT molecular complexity index is 565. The normalized spacial score (nSPS) is 14.8. The van der Waals surface area contributed by atoms with Crippen LogP contribution in [-0.2, 0) is 4.74 Å². The van der Waals surface area contributed by atoms with Crippen LogP contribution < -0.4 is 5.32 Å². The number of carbonyl (C=O) groups is 2. The Hall–Kier alpha value is -2.30. The number of esters is 1. The molecule has 2 amide bonds. The number of anilines is 1. The minimum Gasteiger partial charge on any atom is -0.465 e. The Morgan fingerprint density at radius 2 is 2.00 bits per heavy atom. The van der Waals surface area contributed by atoms with Gasteiger partial charge in [-0.25, -0.2) is 9.59 Å². The van der Waals surface area contributed by atoms with E-state index in [0.29, 0.717) is 17.8 Å². The van der Waals surface area contributed by atoms with Gasteiger partial charge in [0.15, 0.2) is 0 Å². The summed E-state index contributed by atoms with van der Waals surface area (Å²) in [6.45, 7) is 4.24. The second kappa shape index (κ2) is 8.36. The number of hydrogen-bond donors (Lipinski definition) is 1. The molecule has 0 aliphatic heterocycles. The van der Waals surface area contributed by atoms with Gasteiger partial charge in [-0.15, -0.1) is 6.58 Å². The molecular weight excluding hydrogens is 292 g/mol. The van der Waals surface area contributed by atoms with Crippen molar-refractivity contribution in [3.63, 3.8) is 0 Å². The number of hydrogen-bond acceptors (Lipinski definition) is 3. The summed E-state index contributed by atoms with van der Waals surface area (Å²) in [5.74, 6) is -0.464. The number of carbonyl (C=O) groups excluding carboxylic acids is 2. The molecule has 1 saturated carbocycles. The van der Waals surface area contributed by atoms with Crippen LogP contribution in [0.3, 0.4) is 0 Å². The van der Waals surface area contributed by atoms with Crippen molar-refractivity contribution >= 4 is 17.7 Å². The first kappa shape index (κ1) is 17.1. The van der Waals surface area contributed by atoms with Gasteiger partial charge in [-0.05, 0) is 25.0 Å². The molecule has 0 bridgehead atoms. The maximum absolute atomic E-state index is 12.7. The van der Waals surface area contributed by atoms with Crippen LogP contribution in [-0.4, -0.2) is 36.6 Å². The van der Waals surface area contributed by atoms with Gasteiger partial charge >= 0.3 is 12.0 Å². The third kappa shape index (κ3) is 4.34. The maximum Gasteiger partial charge on any atom is 0.339 e. The van der Waals surface area contributed by atoms with Crippen LogP contribution in [0.4, 0.5) is 10.5 Å². The van der Waals surface area contributed by atoms with Crippen LogP contribution in [0.25, 0.3) is 0 Å². The number of rotatable bonds is 5. The average Bonchev–Trinajstić information content (AvgIpc) is 2.60. The van der Waals surface area contributed by atoms with Crippen LogP contribution in [0.5, 0.6) is 0 Å². The lowest BCUT2D eigenvalue weighted by atomic mass is 9.94. The molecule has 0 saturated heterocycles. The summed E-state index contributed by atoms with van der Waals surface area (Å²) in [6, 6.07) is 6.89. The van der Waals surface area contributed by atoms with Crippen LogP contribution >= 0.6 is 0 Å². The predicted octanol–water partition coefficient (Wildman–Crippen LogP) is 3.83. The van der Waals surface area contributed by atoms with Gasteiger partial charge in [0.1, 0.15) is 0 Å². The predicted molar refractivity (Wildman–Crippen MR) is 90.6 cm³/mol. The van der Waals surface area contributed by atoms with E-state index in [1.54, 1.807) is 35.2 Å². The molecule has 1 aliphatic carbocycles. The molecule has 1 aromatic rings. The minimum absolute atomic E-state index is 0.201. The molecule has 5 heteroatoms. The lowest BCUT2D eigenvalue weighted by Crippen LogP contribution is -2.44. The summed E-state index contributed by atoms with van der Waals surface area (Å²) in [6.07, 6.45) is 7.28. The topological polar surface area (TPSA) is 58.6 Å². The van der Waals surface area contributed by atoms with Gasteiger partial charge in [-0.2, -0.15) is 0 Å². The fourth-order valence-corrected chi connectivity index (χ4v) is 3.00. The SMILES string of the molecule is C=CCN(C(=O)Nc1ccccc1C(=O)OC)C1CCCCC1. The van der Waals surface area contributed by atoms with Crippen molar-refractivity contribution in [2.45, 2.75) is 38.1 Å². The summed E-state index contributed by atoms with van der Waals surface area (Å²) in [7, 11) is 1.33. The molecule has 1 N–H and O–H groups in total. The summed E-state index contributed by atoms with van der Waals surface area (Å²) in [5, 5.41) is 2.85. The molecule has 0 unspecified atom stereocenters. The lowest BCUT2D eigenvalue weighted by molar-refractivity contribution is 0.0602. The molecule has 1 fully saturated rings. The molecule has 23 heavy (non-hydrogen) atoms. The fourth-order valence-electron chi connectivity index (χ4n) is 3.00. The fraction of sp³-hybridized carbons (Fsp3) is 0.444. The third-order valence-corrected chi connectivity index (χ3v) is 4.18. The first-order chi connectivity index (χ1) is 11.2. The zero-order valence-corrected chi connectivity index (χ0v) is 13.6. The molecule has 1 aliphatic rings. The highest BCUT2D eigenvalue weighted by Gasteiger charge is 2.25. The van der Waals surface area contributed by atoms with E-state index in [-0.39, 0.29) is 12.1 Å². The minimum atomic E-state index is -0.464. The highest BCUT2D eigenvalue weighted by atomic mass is 16.5. The van der Waals surface area contributed by atoms with Crippen molar-refractivity contribution in [2.24, 2.45) is 0 Å². The number of urea groups is 1. The Morgan fingerprint density at radius 1 is 1.30 bits per heavy atom. The maximum atomic E-state index is 12.7. The number of ether oxygens (including phenoxy) is 1. The number of benzene rings is 1. The van der Waals surface area contributed by atoms with Crippen molar-refractivity contribution in [3.8, 4) is 0 Å². The summed E-state index contributed by atoms with van der Waals surface area (Å²) in [4.78, 5) is 26.3. The van der Waals surface area contributed by atoms with Crippen LogP contribution in [0.2, 0.25) is 0 Å². The van der Waals surface area contributed by atoms with Gasteiger partial charge in [0, 0.05) is 12.6 Å². The highest BCUT2D eigenvalue weighted by Crippen LogP contribution is 2.24. The molecule has 0 atom stereocenters. The second-order valence-corrected chi connectivity index (χ2v) is 5.70. The van der Waals surface area contributed by atoms with Crippen molar-refractivity contribution in [1.82, 2.24) is 4.90 Å². The molecule has 5 nitrogen and oxygen atoms in total. The molecule has 0 aromatic heterocycles. The molecule has 2 rings (SSSR count). The van der Waals surface area contributed by atoms with Crippen LogP contribution in [0, 0.1) is 0 Å². The molecule has 0 heterocycles. The van der Waals surface area contributed by atoms with Gasteiger partial charge in [0.05, 0.1) is 18.4 Å². The molecule has 0 spiro atoms. The molecule has 0 radical (unpaired) electrons. The molecule has 1 aromatic carbocycles. The Kier molecular flexibility index (Phi) is 6.20. The lowest BCUT2D eigenvalue weighted by Gasteiger charge is -2.33. The van der Waals surface area contributed by atoms with Crippen molar-refractivity contribution in [1.29, 1.82) is 0 Å². The number of nitrogens with one attached hydrogen (secondary N) is 1. The first-order valence-corrected chi connectivity index (χ1v) is 8.03. The van der Waals surface area contributed by atoms with Crippen molar-refractivity contribution < 1.29 is 14.3 Å². The third-order valence-electron chi connectivity index (χ3n) is 4.18. The standard InChI is InChI=1S/C18H24N2O3/c1-3-13-20(14-9-5-4-6-10-14)18(22)19-16-12-8-7-11-15(16)17(21)23-2/h3,7-8,11-12,14H,1,4-6,9-10,13H2,2H3,(H,19,22). The van der Waals surface area contributed by atoms with Crippen LogP contribution in [0.1, 0.15) is 42.5 Å². The van der Waals surface area contributed by atoms with E-state index < -0.39 is 5.97 Å². The zero-order valence-electron chi connectivity index (χ0n) is 13.6. The number of para-hydroxylation sites is 1. The van der Waals surface area contributed by atoms with E-state index in [2.05, 4.69) is 11.9 Å². The van der Waals surface area contributed by atoms with E-state index in [9.17, 15) is 9.59 Å². The monoisotopic (exact) mass is 316 g/mol. The van der Waals surface area contributed by atoms with Crippen molar-refractivity contribution in [3.05, 3.63) is 42.5 Å². The quantitative estimate of drug-likeness (QED) is 0.663. The smallest absolute Gasteiger partial charge is 0.339 e. The number of amides is 2. The van der Waals surface area contributed by atoms with Crippen LogP contribution in [0.15, 0.2) is 36.9 Å². The summed E-state index contributed by atoms with van der Waals surface area (Å²) < 4.78 is 4.76. The number of nitrogens with zero attached hydrogens (tertiary/aromatic N) is 1. The average molecular weight is 316 g/mol. The Labute approximate surface area is 137 Å². The van der Waals surface area contributed by atoms with E-state index in [1.165, 1.54) is 13.5 Å². The van der Waals surface area contributed by atoms with Gasteiger partial charge in [-0.1, -0.05) is 37.5 Å².